The van der Waals surface area contributed by atoms with Crippen molar-refractivity contribution in [1.29, 1.82) is 0 Å². The van der Waals surface area contributed by atoms with Crippen LogP contribution in [0, 0.1) is 0 Å². The van der Waals surface area contributed by atoms with Gasteiger partial charge in [-0.2, -0.15) is 0 Å². The van der Waals surface area contributed by atoms with E-state index >= 15 is 0 Å². The molecule has 3 nitrogen and oxygen atoms in total. The third-order valence-corrected chi connectivity index (χ3v) is 2.31. The lowest BCUT2D eigenvalue weighted by molar-refractivity contribution is -0.136. The van der Waals surface area contributed by atoms with Crippen LogP contribution in [0.3, 0.4) is 0 Å². The van der Waals surface area contributed by atoms with Crippen LogP contribution in [0.1, 0.15) is 6.42 Å². The first kappa shape index (κ1) is 9.06. The quantitative estimate of drug-likeness (QED) is 0.720. The summed E-state index contributed by atoms with van der Waals surface area (Å²) >= 11 is 0. The van der Waals surface area contributed by atoms with Gasteiger partial charge >= 0.3 is 0 Å². The monoisotopic (exact) mass is 191 g/mol. The highest BCUT2D eigenvalue weighted by molar-refractivity contribution is 5.78. The van der Waals surface area contributed by atoms with Gasteiger partial charge in [0.15, 0.2) is 6.61 Å². The molecule has 3 heteroatoms. The molecular weight excluding hydrogens is 178 g/mol. The predicted octanol–water partition coefficient (Wildman–Crippen LogP) is 1.30. The van der Waals surface area contributed by atoms with E-state index in [-0.39, 0.29) is 12.5 Å². The molecule has 1 amide bonds. The number of carbonyl (C=O) groups is 1. The van der Waals surface area contributed by atoms with E-state index in [1.54, 1.807) is 0 Å². The number of rotatable bonds is 3. The van der Waals surface area contributed by atoms with Gasteiger partial charge in [0.25, 0.3) is 5.91 Å². The fourth-order valence-electron chi connectivity index (χ4n) is 1.32. The predicted molar refractivity (Wildman–Crippen MR) is 53.1 cm³/mol. The van der Waals surface area contributed by atoms with E-state index in [9.17, 15) is 4.79 Å². The van der Waals surface area contributed by atoms with Crippen LogP contribution in [-0.4, -0.2) is 30.5 Å². The Hall–Kier alpha value is -1.51. The van der Waals surface area contributed by atoms with Crippen LogP contribution in [0.5, 0.6) is 5.75 Å². The first-order valence-electron chi connectivity index (χ1n) is 4.82. The lowest BCUT2D eigenvalue weighted by Crippen LogP contribution is -2.44. The summed E-state index contributed by atoms with van der Waals surface area (Å²) in [6.07, 6.45) is 1.12. The molecule has 0 unspecified atom stereocenters. The molecular formula is C11H13NO2. The second-order valence-electron chi connectivity index (χ2n) is 3.34. The number of para-hydroxylation sites is 1. The number of hydrogen-bond donors (Lipinski definition) is 0. The van der Waals surface area contributed by atoms with E-state index in [0.29, 0.717) is 0 Å². The SMILES string of the molecule is O=C(COc1ccccc1)N1CCC1. The topological polar surface area (TPSA) is 29.5 Å². The minimum Gasteiger partial charge on any atom is -0.484 e. The van der Waals surface area contributed by atoms with Crippen LogP contribution in [0.15, 0.2) is 30.3 Å². The third-order valence-electron chi connectivity index (χ3n) is 2.31. The molecule has 74 valence electrons. The molecule has 1 fully saturated rings. The van der Waals surface area contributed by atoms with Crippen molar-refractivity contribution in [2.45, 2.75) is 6.42 Å². The highest BCUT2D eigenvalue weighted by Crippen LogP contribution is 2.10. The van der Waals surface area contributed by atoms with Crippen LogP contribution in [0.4, 0.5) is 0 Å². The minimum absolute atomic E-state index is 0.0834. The molecule has 1 heterocycles. The standard InChI is InChI=1S/C11H13NO2/c13-11(12-7-4-8-12)9-14-10-5-2-1-3-6-10/h1-3,5-6H,4,7-9H2. The number of amides is 1. The van der Waals surface area contributed by atoms with Gasteiger partial charge in [0, 0.05) is 13.1 Å². The van der Waals surface area contributed by atoms with Crippen molar-refractivity contribution < 1.29 is 9.53 Å². The maximum absolute atomic E-state index is 11.4. The molecule has 1 aromatic carbocycles. The van der Waals surface area contributed by atoms with Crippen molar-refractivity contribution in [3.05, 3.63) is 30.3 Å². The number of benzene rings is 1. The third kappa shape index (κ3) is 2.05. The summed E-state index contributed by atoms with van der Waals surface area (Å²) in [5.41, 5.74) is 0. The lowest BCUT2D eigenvalue weighted by atomic mass is 10.2. The Morgan fingerprint density at radius 2 is 2.00 bits per heavy atom. The van der Waals surface area contributed by atoms with Crippen LogP contribution >= 0.6 is 0 Å². The highest BCUT2D eigenvalue weighted by Gasteiger charge is 2.19. The number of nitrogens with zero attached hydrogens (tertiary/aromatic N) is 1. The molecule has 0 radical (unpaired) electrons. The maximum Gasteiger partial charge on any atom is 0.260 e. The van der Waals surface area contributed by atoms with Gasteiger partial charge < -0.3 is 9.64 Å². The van der Waals surface area contributed by atoms with Gasteiger partial charge in [0.1, 0.15) is 5.75 Å². The smallest absolute Gasteiger partial charge is 0.260 e. The number of carbonyl (C=O) groups excluding carboxylic acids is 1. The maximum atomic E-state index is 11.4. The normalized spacial score (nSPS) is 14.7. The molecule has 14 heavy (non-hydrogen) atoms. The van der Waals surface area contributed by atoms with E-state index < -0.39 is 0 Å². The zero-order valence-corrected chi connectivity index (χ0v) is 7.98. The summed E-state index contributed by atoms with van der Waals surface area (Å²) < 4.78 is 5.33. The lowest BCUT2D eigenvalue weighted by Gasteiger charge is -2.30. The molecule has 1 aliphatic heterocycles. The summed E-state index contributed by atoms with van der Waals surface area (Å²) in [6, 6.07) is 9.41. The Bertz CT molecular complexity index is 306. The first-order valence-corrected chi connectivity index (χ1v) is 4.82. The van der Waals surface area contributed by atoms with Crippen molar-refractivity contribution in [3.63, 3.8) is 0 Å². The Kier molecular flexibility index (Phi) is 2.68. The Morgan fingerprint density at radius 3 is 2.57 bits per heavy atom. The van der Waals surface area contributed by atoms with Gasteiger partial charge in [-0.05, 0) is 18.6 Å². The Labute approximate surface area is 83.3 Å². The first-order chi connectivity index (χ1) is 6.86. The van der Waals surface area contributed by atoms with Crippen LogP contribution in [0.2, 0.25) is 0 Å². The van der Waals surface area contributed by atoms with E-state index in [4.69, 9.17) is 4.74 Å². The molecule has 0 saturated carbocycles. The molecule has 1 saturated heterocycles. The van der Waals surface area contributed by atoms with Crippen molar-refractivity contribution in [3.8, 4) is 5.75 Å². The summed E-state index contributed by atoms with van der Waals surface area (Å²) in [4.78, 5) is 13.2. The fraction of sp³-hybridized carbons (Fsp3) is 0.364. The van der Waals surface area contributed by atoms with Gasteiger partial charge in [-0.1, -0.05) is 18.2 Å². The molecule has 0 aliphatic carbocycles. The highest BCUT2D eigenvalue weighted by atomic mass is 16.5. The van der Waals surface area contributed by atoms with E-state index in [1.165, 1.54) is 0 Å². The zero-order valence-electron chi connectivity index (χ0n) is 7.98. The molecule has 0 aromatic heterocycles. The summed E-state index contributed by atoms with van der Waals surface area (Å²) in [7, 11) is 0. The van der Waals surface area contributed by atoms with Gasteiger partial charge in [-0.25, -0.2) is 0 Å². The average Bonchev–Trinajstić information content (AvgIpc) is 2.14. The van der Waals surface area contributed by atoms with Gasteiger partial charge in [-0.15, -0.1) is 0 Å². The van der Waals surface area contributed by atoms with Crippen molar-refractivity contribution >= 4 is 5.91 Å². The van der Waals surface area contributed by atoms with E-state index in [0.717, 1.165) is 25.3 Å². The zero-order chi connectivity index (χ0) is 9.80. The summed E-state index contributed by atoms with van der Waals surface area (Å²) in [5.74, 6) is 0.835. The van der Waals surface area contributed by atoms with Crippen LogP contribution in [0.25, 0.3) is 0 Å². The molecule has 0 N–H and O–H groups in total. The molecule has 0 bridgehead atoms. The average molecular weight is 191 g/mol. The second-order valence-corrected chi connectivity index (χ2v) is 3.34. The van der Waals surface area contributed by atoms with E-state index in [2.05, 4.69) is 0 Å². The van der Waals surface area contributed by atoms with Gasteiger partial charge in [0.2, 0.25) is 0 Å². The van der Waals surface area contributed by atoms with Crippen molar-refractivity contribution in [1.82, 2.24) is 4.90 Å². The molecule has 0 atom stereocenters. The molecule has 1 aromatic rings. The number of ether oxygens (including phenoxy) is 1. The molecule has 0 spiro atoms. The van der Waals surface area contributed by atoms with Gasteiger partial charge in [0.05, 0.1) is 0 Å². The fourth-order valence-corrected chi connectivity index (χ4v) is 1.32. The van der Waals surface area contributed by atoms with Crippen molar-refractivity contribution in [2.24, 2.45) is 0 Å². The van der Waals surface area contributed by atoms with Crippen LogP contribution in [-0.2, 0) is 4.79 Å². The second kappa shape index (κ2) is 4.13. The molecule has 1 aliphatic rings. The van der Waals surface area contributed by atoms with Crippen LogP contribution < -0.4 is 4.74 Å². The Morgan fingerprint density at radius 1 is 1.29 bits per heavy atom. The number of hydrogen-bond acceptors (Lipinski definition) is 2. The van der Waals surface area contributed by atoms with Crippen molar-refractivity contribution in [2.75, 3.05) is 19.7 Å². The minimum atomic E-state index is 0.0834. The summed E-state index contributed by atoms with van der Waals surface area (Å²) in [5, 5.41) is 0. The molecule has 2 rings (SSSR count). The van der Waals surface area contributed by atoms with E-state index in [1.807, 2.05) is 35.2 Å². The Balaban J connectivity index is 1.79. The van der Waals surface area contributed by atoms with Gasteiger partial charge in [-0.3, -0.25) is 4.79 Å². The number of likely N-dealkylation sites (tertiary alicyclic amines) is 1. The summed E-state index contributed by atoms with van der Waals surface area (Å²) in [6.45, 7) is 1.93. The largest absolute Gasteiger partial charge is 0.484 e.